The van der Waals surface area contributed by atoms with Gasteiger partial charge in [-0.2, -0.15) is 0 Å². The van der Waals surface area contributed by atoms with E-state index in [9.17, 15) is 4.79 Å². The molecule has 1 rings (SSSR count). The molecule has 0 amide bonds. The summed E-state index contributed by atoms with van der Waals surface area (Å²) in [6.07, 6.45) is 8.58. The lowest BCUT2D eigenvalue weighted by Gasteiger charge is -1.99. The Morgan fingerprint density at radius 1 is 1.29 bits per heavy atom. The minimum Gasteiger partial charge on any atom is -0.469 e. The molecule has 0 radical (unpaired) electrons. The predicted octanol–water partition coefficient (Wildman–Crippen LogP) is 3.16. The summed E-state index contributed by atoms with van der Waals surface area (Å²) in [5, 5.41) is 0. The zero-order valence-electron chi connectivity index (χ0n) is 9.42. The molecule has 2 heteroatoms. The topological polar surface area (TPSA) is 26.3 Å². The van der Waals surface area contributed by atoms with Gasteiger partial charge in [0.15, 0.2) is 0 Å². The molecule has 1 aliphatic rings. The monoisotopic (exact) mass is 198 g/mol. The number of unbranched alkanes of at least 4 members (excludes halogenated alkanes) is 3. The van der Waals surface area contributed by atoms with E-state index in [1.54, 1.807) is 0 Å². The summed E-state index contributed by atoms with van der Waals surface area (Å²) < 4.78 is 4.65. The first-order valence-corrected chi connectivity index (χ1v) is 5.84. The van der Waals surface area contributed by atoms with Crippen LogP contribution in [0.4, 0.5) is 0 Å². The number of hydrogen-bond donors (Lipinski definition) is 0. The summed E-state index contributed by atoms with van der Waals surface area (Å²) in [5.74, 6) is 1.43. The summed E-state index contributed by atoms with van der Waals surface area (Å²) >= 11 is 0. The minimum absolute atomic E-state index is 0.0361. The second-order valence-corrected chi connectivity index (χ2v) is 4.39. The van der Waals surface area contributed by atoms with E-state index in [2.05, 4.69) is 11.7 Å². The molecule has 0 bridgehead atoms. The van der Waals surface area contributed by atoms with E-state index in [0.717, 1.165) is 5.92 Å². The first kappa shape index (κ1) is 11.5. The molecule has 1 aliphatic carbocycles. The second-order valence-electron chi connectivity index (χ2n) is 4.39. The molecule has 2 nitrogen and oxygen atoms in total. The van der Waals surface area contributed by atoms with E-state index in [-0.39, 0.29) is 5.97 Å². The predicted molar refractivity (Wildman–Crippen MR) is 57.0 cm³/mol. The molecule has 82 valence electrons. The maximum atomic E-state index is 11.0. The number of ether oxygens (including phenoxy) is 1. The van der Waals surface area contributed by atoms with E-state index < -0.39 is 0 Å². The van der Waals surface area contributed by atoms with Crippen molar-refractivity contribution in [3.63, 3.8) is 0 Å². The lowest BCUT2D eigenvalue weighted by atomic mass is 10.1. The van der Waals surface area contributed by atoms with Crippen molar-refractivity contribution in [3.8, 4) is 0 Å². The molecule has 0 aromatic rings. The molecule has 0 spiro atoms. The average Bonchev–Trinajstić information content (AvgIpc) is 2.91. The first-order chi connectivity index (χ1) is 6.77. The fourth-order valence-corrected chi connectivity index (χ4v) is 2.04. The van der Waals surface area contributed by atoms with Gasteiger partial charge in [0.1, 0.15) is 0 Å². The molecular formula is C12H22O2. The zero-order chi connectivity index (χ0) is 10.4. The largest absolute Gasteiger partial charge is 0.469 e. The summed E-state index contributed by atoms with van der Waals surface area (Å²) in [6, 6.07) is 0. The van der Waals surface area contributed by atoms with E-state index in [4.69, 9.17) is 0 Å². The molecule has 0 aromatic heterocycles. The van der Waals surface area contributed by atoms with Crippen LogP contribution in [0.5, 0.6) is 0 Å². The van der Waals surface area contributed by atoms with Gasteiger partial charge >= 0.3 is 5.97 Å². The van der Waals surface area contributed by atoms with Crippen LogP contribution in [0.2, 0.25) is 0 Å². The zero-order valence-corrected chi connectivity index (χ0v) is 9.42. The van der Waals surface area contributed by atoms with Crippen LogP contribution < -0.4 is 0 Å². The van der Waals surface area contributed by atoms with E-state index >= 15 is 0 Å². The number of rotatable bonds is 7. The fourth-order valence-electron chi connectivity index (χ4n) is 2.04. The second kappa shape index (κ2) is 6.05. The lowest BCUT2D eigenvalue weighted by molar-refractivity contribution is -0.141. The van der Waals surface area contributed by atoms with Gasteiger partial charge < -0.3 is 4.74 Å². The van der Waals surface area contributed by atoms with Crippen LogP contribution in [-0.2, 0) is 9.53 Å². The highest BCUT2D eigenvalue weighted by Gasteiger charge is 2.37. The molecule has 0 N–H and O–H groups in total. The highest BCUT2D eigenvalue weighted by atomic mass is 16.5. The summed E-state index contributed by atoms with van der Waals surface area (Å²) in [6.45, 7) is 2.23. The maximum Gasteiger partial charge on any atom is 0.305 e. The highest BCUT2D eigenvalue weighted by molar-refractivity contribution is 5.69. The molecule has 1 fully saturated rings. The Hall–Kier alpha value is -0.530. The van der Waals surface area contributed by atoms with Crippen molar-refractivity contribution in [2.45, 2.75) is 51.9 Å². The Morgan fingerprint density at radius 3 is 2.71 bits per heavy atom. The quantitative estimate of drug-likeness (QED) is 0.464. The van der Waals surface area contributed by atoms with Crippen molar-refractivity contribution >= 4 is 5.97 Å². The summed E-state index contributed by atoms with van der Waals surface area (Å²) in [4.78, 5) is 11.0. The lowest BCUT2D eigenvalue weighted by Crippen LogP contribution is -2.01. The third kappa shape index (κ3) is 4.12. The van der Waals surface area contributed by atoms with Crippen LogP contribution in [0.3, 0.4) is 0 Å². The Bertz CT molecular complexity index is 177. The van der Waals surface area contributed by atoms with Crippen LogP contribution in [0.25, 0.3) is 0 Å². The van der Waals surface area contributed by atoms with Crippen molar-refractivity contribution in [2.24, 2.45) is 11.8 Å². The molecule has 0 heterocycles. The van der Waals surface area contributed by atoms with Gasteiger partial charge in [-0.25, -0.2) is 0 Å². The third-order valence-corrected chi connectivity index (χ3v) is 3.15. The van der Waals surface area contributed by atoms with Crippen LogP contribution in [-0.4, -0.2) is 13.1 Å². The molecule has 0 aliphatic heterocycles. The van der Waals surface area contributed by atoms with Crippen LogP contribution in [0.15, 0.2) is 0 Å². The van der Waals surface area contributed by atoms with Crippen molar-refractivity contribution < 1.29 is 9.53 Å². The van der Waals surface area contributed by atoms with Gasteiger partial charge in [-0.05, 0) is 18.3 Å². The molecule has 1 saturated carbocycles. The van der Waals surface area contributed by atoms with Gasteiger partial charge in [-0.15, -0.1) is 0 Å². The van der Waals surface area contributed by atoms with Crippen molar-refractivity contribution in [2.75, 3.05) is 7.11 Å². The number of methoxy groups -OCH3 is 1. The normalized spacial score (nSPS) is 24.7. The van der Waals surface area contributed by atoms with Crippen LogP contribution in [0, 0.1) is 11.8 Å². The molecular weight excluding hydrogens is 176 g/mol. The first-order valence-electron chi connectivity index (χ1n) is 5.84. The Kier molecular flexibility index (Phi) is 4.99. The van der Waals surface area contributed by atoms with Crippen molar-refractivity contribution in [1.29, 1.82) is 0 Å². The van der Waals surface area contributed by atoms with Gasteiger partial charge in [-0.3, -0.25) is 4.79 Å². The SMILES string of the molecule is CCCCCC[C@H]1C[C@H]1CC(=O)OC. The van der Waals surface area contributed by atoms with Gasteiger partial charge in [0.25, 0.3) is 0 Å². The average molecular weight is 198 g/mol. The Balaban J connectivity index is 1.95. The maximum absolute atomic E-state index is 11.0. The highest BCUT2D eigenvalue weighted by Crippen LogP contribution is 2.44. The number of hydrogen-bond acceptors (Lipinski definition) is 2. The molecule has 14 heavy (non-hydrogen) atoms. The van der Waals surface area contributed by atoms with E-state index in [1.807, 2.05) is 0 Å². The van der Waals surface area contributed by atoms with E-state index in [1.165, 1.54) is 45.6 Å². The summed E-state index contributed by atoms with van der Waals surface area (Å²) in [7, 11) is 1.47. The minimum atomic E-state index is -0.0361. The standard InChI is InChI=1S/C12H22O2/c1-3-4-5-6-7-10-8-11(10)9-12(13)14-2/h10-11H,3-9H2,1-2H3/t10-,11-/m0/s1. The Labute approximate surface area is 87.0 Å². The molecule has 2 atom stereocenters. The third-order valence-electron chi connectivity index (χ3n) is 3.15. The van der Waals surface area contributed by atoms with Crippen molar-refractivity contribution in [3.05, 3.63) is 0 Å². The molecule has 0 unspecified atom stereocenters. The number of carbonyl (C=O) groups is 1. The van der Waals surface area contributed by atoms with Crippen LogP contribution >= 0.6 is 0 Å². The van der Waals surface area contributed by atoms with Gasteiger partial charge in [0, 0.05) is 6.42 Å². The van der Waals surface area contributed by atoms with Gasteiger partial charge in [0.2, 0.25) is 0 Å². The van der Waals surface area contributed by atoms with Crippen molar-refractivity contribution in [1.82, 2.24) is 0 Å². The summed E-state index contributed by atoms with van der Waals surface area (Å²) in [5.41, 5.74) is 0. The van der Waals surface area contributed by atoms with Gasteiger partial charge in [-0.1, -0.05) is 39.0 Å². The Morgan fingerprint density at radius 2 is 2.07 bits per heavy atom. The fraction of sp³-hybridized carbons (Fsp3) is 0.917. The van der Waals surface area contributed by atoms with Gasteiger partial charge in [0.05, 0.1) is 7.11 Å². The number of esters is 1. The molecule has 0 saturated heterocycles. The molecule has 0 aromatic carbocycles. The number of carbonyl (C=O) groups excluding carboxylic acids is 1. The van der Waals surface area contributed by atoms with E-state index in [0.29, 0.717) is 12.3 Å². The smallest absolute Gasteiger partial charge is 0.305 e. The van der Waals surface area contributed by atoms with Crippen LogP contribution in [0.1, 0.15) is 51.9 Å².